The van der Waals surface area contributed by atoms with Crippen molar-refractivity contribution in [3.05, 3.63) is 29.8 Å². The molecule has 1 rings (SSSR count). The molecular formula is C12H19N3O4S. The highest BCUT2D eigenvalue weighted by molar-refractivity contribution is 7.87. The Balaban J connectivity index is 2.67. The van der Waals surface area contributed by atoms with Crippen LogP contribution in [0, 0.1) is 0 Å². The monoisotopic (exact) mass is 301 g/mol. The SMILES string of the molecule is CC(C)OC(=O)NS(=O)(=O)N(C)Cc1ccc(N)cc1. The van der Waals surface area contributed by atoms with Crippen LogP contribution < -0.4 is 10.5 Å². The number of ether oxygens (including phenoxy) is 1. The average molecular weight is 301 g/mol. The highest BCUT2D eigenvalue weighted by Gasteiger charge is 2.22. The molecule has 0 saturated carbocycles. The lowest BCUT2D eigenvalue weighted by atomic mass is 10.2. The van der Waals surface area contributed by atoms with Gasteiger partial charge in [-0.3, -0.25) is 0 Å². The molecule has 7 nitrogen and oxygen atoms in total. The molecule has 1 amide bonds. The number of nitrogens with one attached hydrogen (secondary N) is 1. The standard InChI is InChI=1S/C12H19N3O4S/c1-9(2)19-12(16)14-20(17,18)15(3)8-10-4-6-11(13)7-5-10/h4-7,9H,8,13H2,1-3H3,(H,14,16). The van der Waals surface area contributed by atoms with E-state index in [-0.39, 0.29) is 6.54 Å². The van der Waals surface area contributed by atoms with Crippen LogP contribution in [0.3, 0.4) is 0 Å². The Bertz CT molecular complexity index is 555. The lowest BCUT2D eigenvalue weighted by molar-refractivity contribution is 0.121. The zero-order chi connectivity index (χ0) is 15.3. The maximum atomic E-state index is 11.9. The number of amides is 1. The largest absolute Gasteiger partial charge is 0.446 e. The lowest BCUT2D eigenvalue weighted by Crippen LogP contribution is -2.42. The van der Waals surface area contributed by atoms with Gasteiger partial charge in [0.2, 0.25) is 0 Å². The third-order valence-electron chi connectivity index (χ3n) is 2.35. The number of nitrogens with zero attached hydrogens (tertiary/aromatic N) is 1. The zero-order valence-corrected chi connectivity index (χ0v) is 12.5. The van der Waals surface area contributed by atoms with Gasteiger partial charge < -0.3 is 10.5 Å². The second-order valence-corrected chi connectivity index (χ2v) is 6.34. The molecule has 0 fully saturated rings. The van der Waals surface area contributed by atoms with Gasteiger partial charge in [0, 0.05) is 19.3 Å². The van der Waals surface area contributed by atoms with Crippen LogP contribution in [0.4, 0.5) is 10.5 Å². The fourth-order valence-corrected chi connectivity index (χ4v) is 2.12. The first-order valence-electron chi connectivity index (χ1n) is 6.00. The predicted octanol–water partition coefficient (Wildman–Crippen LogP) is 1.08. The van der Waals surface area contributed by atoms with E-state index >= 15 is 0 Å². The number of carbonyl (C=O) groups excluding carboxylic acids is 1. The van der Waals surface area contributed by atoms with Gasteiger partial charge in [0.15, 0.2) is 0 Å². The number of hydrogen-bond acceptors (Lipinski definition) is 5. The molecule has 0 aromatic heterocycles. The van der Waals surface area contributed by atoms with E-state index in [2.05, 4.69) is 0 Å². The quantitative estimate of drug-likeness (QED) is 0.792. The predicted molar refractivity (Wildman–Crippen MR) is 76.0 cm³/mol. The number of hydrogen-bond donors (Lipinski definition) is 2. The Morgan fingerprint density at radius 3 is 2.40 bits per heavy atom. The van der Waals surface area contributed by atoms with E-state index in [0.717, 1.165) is 9.87 Å². The molecular weight excluding hydrogens is 282 g/mol. The normalized spacial score (nSPS) is 11.7. The topological polar surface area (TPSA) is 102 Å². The fraction of sp³-hybridized carbons (Fsp3) is 0.417. The maximum Gasteiger partial charge on any atom is 0.422 e. The summed E-state index contributed by atoms with van der Waals surface area (Å²) in [6.07, 6.45) is -1.39. The molecule has 20 heavy (non-hydrogen) atoms. The second kappa shape index (κ2) is 6.58. The average Bonchev–Trinajstić information content (AvgIpc) is 2.30. The molecule has 0 unspecified atom stereocenters. The van der Waals surface area contributed by atoms with E-state index < -0.39 is 22.4 Å². The van der Waals surface area contributed by atoms with E-state index in [9.17, 15) is 13.2 Å². The highest BCUT2D eigenvalue weighted by Crippen LogP contribution is 2.09. The van der Waals surface area contributed by atoms with Crippen molar-refractivity contribution in [3.63, 3.8) is 0 Å². The molecule has 0 heterocycles. The summed E-state index contributed by atoms with van der Waals surface area (Å²) in [5.41, 5.74) is 6.90. The Morgan fingerprint density at radius 1 is 1.35 bits per heavy atom. The summed E-state index contributed by atoms with van der Waals surface area (Å²) in [6, 6.07) is 6.79. The molecule has 1 aromatic carbocycles. The van der Waals surface area contributed by atoms with E-state index in [1.54, 1.807) is 38.1 Å². The molecule has 0 aliphatic carbocycles. The van der Waals surface area contributed by atoms with E-state index in [1.807, 2.05) is 4.72 Å². The summed E-state index contributed by atoms with van der Waals surface area (Å²) in [7, 11) is -2.57. The Kier molecular flexibility index (Phi) is 5.34. The first-order valence-corrected chi connectivity index (χ1v) is 7.44. The third-order valence-corrected chi connectivity index (χ3v) is 3.72. The van der Waals surface area contributed by atoms with Gasteiger partial charge in [-0.25, -0.2) is 9.52 Å². The lowest BCUT2D eigenvalue weighted by Gasteiger charge is -2.18. The van der Waals surface area contributed by atoms with Crippen molar-refractivity contribution in [1.29, 1.82) is 0 Å². The molecule has 0 atom stereocenters. The van der Waals surface area contributed by atoms with Gasteiger partial charge in [0.25, 0.3) is 0 Å². The molecule has 1 aromatic rings. The van der Waals surface area contributed by atoms with Gasteiger partial charge in [0.1, 0.15) is 0 Å². The van der Waals surface area contributed by atoms with E-state index in [1.165, 1.54) is 7.05 Å². The first-order chi connectivity index (χ1) is 9.20. The molecule has 0 radical (unpaired) electrons. The van der Waals surface area contributed by atoms with Crippen molar-refractivity contribution in [1.82, 2.24) is 9.03 Å². The van der Waals surface area contributed by atoms with E-state index in [0.29, 0.717) is 5.69 Å². The van der Waals surface area contributed by atoms with Gasteiger partial charge in [-0.15, -0.1) is 0 Å². The zero-order valence-electron chi connectivity index (χ0n) is 11.7. The molecule has 0 saturated heterocycles. The molecule has 0 spiro atoms. The summed E-state index contributed by atoms with van der Waals surface area (Å²) in [4.78, 5) is 11.3. The van der Waals surface area contributed by atoms with E-state index in [4.69, 9.17) is 10.5 Å². The van der Waals surface area contributed by atoms with Crippen molar-refractivity contribution >= 4 is 22.0 Å². The summed E-state index contributed by atoms with van der Waals surface area (Å²) < 4.78 is 31.3. The minimum absolute atomic E-state index is 0.116. The molecule has 8 heteroatoms. The van der Waals surface area contributed by atoms with Gasteiger partial charge in [-0.05, 0) is 31.5 Å². The molecule has 3 N–H and O–H groups in total. The van der Waals surface area contributed by atoms with Crippen LogP contribution in [-0.4, -0.2) is 32.0 Å². The van der Waals surface area contributed by atoms with Crippen LogP contribution in [0.15, 0.2) is 24.3 Å². The third kappa shape index (κ3) is 5.06. The van der Waals surface area contributed by atoms with Crippen LogP contribution >= 0.6 is 0 Å². The van der Waals surface area contributed by atoms with Crippen molar-refractivity contribution in [2.45, 2.75) is 26.5 Å². The second-order valence-electron chi connectivity index (χ2n) is 4.56. The van der Waals surface area contributed by atoms with Crippen molar-refractivity contribution < 1.29 is 17.9 Å². The van der Waals surface area contributed by atoms with Gasteiger partial charge >= 0.3 is 16.3 Å². The highest BCUT2D eigenvalue weighted by atomic mass is 32.2. The number of anilines is 1. The van der Waals surface area contributed by atoms with Crippen LogP contribution in [0.2, 0.25) is 0 Å². The van der Waals surface area contributed by atoms with Gasteiger partial charge in [0.05, 0.1) is 6.10 Å². The summed E-state index contributed by atoms with van der Waals surface area (Å²) in [6.45, 7) is 3.37. The molecule has 112 valence electrons. The number of nitrogens with two attached hydrogens (primary N) is 1. The summed E-state index contributed by atoms with van der Waals surface area (Å²) in [5, 5.41) is 0. The molecule has 0 aliphatic heterocycles. The number of benzene rings is 1. The smallest absolute Gasteiger partial charge is 0.422 e. The Morgan fingerprint density at radius 2 is 1.90 bits per heavy atom. The Labute approximate surface area is 118 Å². The minimum atomic E-state index is -3.94. The Hall–Kier alpha value is -1.80. The van der Waals surface area contributed by atoms with Crippen LogP contribution in [0.1, 0.15) is 19.4 Å². The minimum Gasteiger partial charge on any atom is -0.446 e. The van der Waals surface area contributed by atoms with Crippen LogP contribution in [0.5, 0.6) is 0 Å². The number of rotatable bonds is 5. The van der Waals surface area contributed by atoms with Crippen molar-refractivity contribution in [2.75, 3.05) is 12.8 Å². The number of carbonyl (C=O) groups is 1. The maximum absolute atomic E-state index is 11.9. The molecule has 0 bridgehead atoms. The first kappa shape index (κ1) is 16.3. The van der Waals surface area contributed by atoms with Gasteiger partial charge in [-0.2, -0.15) is 12.7 Å². The summed E-state index contributed by atoms with van der Waals surface area (Å²) in [5.74, 6) is 0. The fourth-order valence-electron chi connectivity index (χ4n) is 1.39. The van der Waals surface area contributed by atoms with Crippen LogP contribution in [-0.2, 0) is 21.5 Å². The van der Waals surface area contributed by atoms with Crippen molar-refractivity contribution in [3.8, 4) is 0 Å². The number of nitrogen functional groups attached to an aromatic ring is 1. The molecule has 0 aliphatic rings. The van der Waals surface area contributed by atoms with Crippen LogP contribution in [0.25, 0.3) is 0 Å². The van der Waals surface area contributed by atoms with Crippen molar-refractivity contribution in [2.24, 2.45) is 0 Å². The van der Waals surface area contributed by atoms with Gasteiger partial charge in [-0.1, -0.05) is 12.1 Å². The summed E-state index contributed by atoms with van der Waals surface area (Å²) >= 11 is 0.